The molecular weight excluding hydrogens is 342 g/mol. The predicted octanol–water partition coefficient (Wildman–Crippen LogP) is 4.31. The molecule has 2 atom stereocenters. The largest absolute Gasteiger partial charge is 0.464 e. The Bertz CT molecular complexity index is 1080. The van der Waals surface area contributed by atoms with Crippen LogP contribution in [0.5, 0.6) is 0 Å². The summed E-state index contributed by atoms with van der Waals surface area (Å²) in [4.78, 5) is 27.2. The van der Waals surface area contributed by atoms with Crippen LogP contribution in [-0.4, -0.2) is 16.8 Å². The van der Waals surface area contributed by atoms with Crippen LogP contribution in [0.15, 0.2) is 56.1 Å². The molecule has 5 nitrogen and oxygen atoms in total. The second kappa shape index (κ2) is 6.12. The van der Waals surface area contributed by atoms with Gasteiger partial charge >= 0.3 is 5.63 Å². The van der Waals surface area contributed by atoms with Crippen molar-refractivity contribution in [3.05, 3.63) is 70.0 Å². The van der Waals surface area contributed by atoms with E-state index in [-0.39, 0.29) is 17.5 Å². The van der Waals surface area contributed by atoms with Crippen molar-refractivity contribution in [1.29, 1.82) is 0 Å². The van der Waals surface area contributed by atoms with E-state index in [9.17, 15) is 9.59 Å². The molecule has 2 unspecified atom stereocenters. The topological polar surface area (TPSA) is 63.7 Å². The molecule has 5 rings (SSSR count). The van der Waals surface area contributed by atoms with Crippen molar-refractivity contribution in [3.63, 3.8) is 0 Å². The summed E-state index contributed by atoms with van der Waals surface area (Å²) >= 11 is 0. The van der Waals surface area contributed by atoms with Gasteiger partial charge in [0.05, 0.1) is 6.54 Å². The molecule has 2 saturated carbocycles. The Morgan fingerprint density at radius 2 is 1.93 bits per heavy atom. The molecular formula is C22H21NO4. The molecule has 2 fully saturated rings. The maximum atomic E-state index is 13.1. The van der Waals surface area contributed by atoms with E-state index in [4.69, 9.17) is 8.83 Å². The van der Waals surface area contributed by atoms with Gasteiger partial charge in [-0.3, -0.25) is 4.79 Å². The SMILES string of the molecule is CC1CC1c1ccc(CN(C(=O)c2cc3ccccc3oc2=O)C2CC2)o1. The van der Waals surface area contributed by atoms with Crippen molar-refractivity contribution in [3.8, 4) is 0 Å². The molecule has 1 aromatic carbocycles. The van der Waals surface area contributed by atoms with Gasteiger partial charge in [-0.05, 0) is 49.4 Å². The molecule has 2 aromatic heterocycles. The van der Waals surface area contributed by atoms with E-state index >= 15 is 0 Å². The normalized spacial score (nSPS) is 21.4. The van der Waals surface area contributed by atoms with Gasteiger partial charge in [0.2, 0.25) is 0 Å². The van der Waals surface area contributed by atoms with Gasteiger partial charge in [-0.15, -0.1) is 0 Å². The van der Waals surface area contributed by atoms with Gasteiger partial charge in [-0.2, -0.15) is 0 Å². The van der Waals surface area contributed by atoms with Crippen LogP contribution in [0.4, 0.5) is 0 Å². The van der Waals surface area contributed by atoms with E-state index in [1.165, 1.54) is 0 Å². The van der Waals surface area contributed by atoms with Crippen LogP contribution in [0.2, 0.25) is 0 Å². The quantitative estimate of drug-likeness (QED) is 0.634. The van der Waals surface area contributed by atoms with Crippen molar-refractivity contribution in [2.45, 2.75) is 44.7 Å². The Labute approximate surface area is 156 Å². The first kappa shape index (κ1) is 16.4. The van der Waals surface area contributed by atoms with E-state index in [0.29, 0.717) is 24.0 Å². The lowest BCUT2D eigenvalue weighted by Crippen LogP contribution is -2.35. The second-order valence-corrected chi connectivity index (χ2v) is 7.77. The number of nitrogens with zero attached hydrogens (tertiary/aromatic N) is 1. The molecule has 0 N–H and O–H groups in total. The van der Waals surface area contributed by atoms with Crippen molar-refractivity contribution in [2.24, 2.45) is 5.92 Å². The monoisotopic (exact) mass is 363 g/mol. The first-order valence-corrected chi connectivity index (χ1v) is 9.52. The number of amides is 1. The third-order valence-corrected chi connectivity index (χ3v) is 5.60. The molecule has 2 heterocycles. The highest BCUT2D eigenvalue weighted by Crippen LogP contribution is 2.47. The van der Waals surface area contributed by atoms with E-state index < -0.39 is 5.63 Å². The number of fused-ring (bicyclic) bond motifs is 1. The molecule has 0 bridgehead atoms. The molecule has 0 spiro atoms. The van der Waals surface area contributed by atoms with Crippen LogP contribution < -0.4 is 5.63 Å². The zero-order valence-electron chi connectivity index (χ0n) is 15.2. The van der Waals surface area contributed by atoms with Gasteiger partial charge in [-0.1, -0.05) is 25.1 Å². The third kappa shape index (κ3) is 3.07. The minimum Gasteiger partial charge on any atom is -0.464 e. The van der Waals surface area contributed by atoms with E-state index in [0.717, 1.165) is 36.2 Å². The number of carbonyl (C=O) groups excluding carboxylic acids is 1. The van der Waals surface area contributed by atoms with Crippen LogP contribution >= 0.6 is 0 Å². The number of furan rings is 1. The molecule has 2 aliphatic carbocycles. The fraction of sp³-hybridized carbons (Fsp3) is 0.364. The minimum atomic E-state index is -0.587. The summed E-state index contributed by atoms with van der Waals surface area (Å²) in [5, 5.41) is 0.749. The molecule has 138 valence electrons. The van der Waals surface area contributed by atoms with Crippen LogP contribution in [0.1, 0.15) is 54.0 Å². The maximum Gasteiger partial charge on any atom is 0.349 e. The Kier molecular flexibility index (Phi) is 3.71. The molecule has 5 heteroatoms. The predicted molar refractivity (Wildman–Crippen MR) is 101 cm³/mol. The van der Waals surface area contributed by atoms with Crippen molar-refractivity contribution < 1.29 is 13.6 Å². The lowest BCUT2D eigenvalue weighted by molar-refractivity contribution is 0.0712. The van der Waals surface area contributed by atoms with E-state index in [1.807, 2.05) is 24.3 Å². The highest BCUT2D eigenvalue weighted by atomic mass is 16.4. The average Bonchev–Trinajstić information content (AvgIpc) is 3.59. The summed E-state index contributed by atoms with van der Waals surface area (Å²) in [6, 6.07) is 13.0. The number of para-hydroxylation sites is 1. The first-order valence-electron chi connectivity index (χ1n) is 9.52. The van der Waals surface area contributed by atoms with Crippen molar-refractivity contribution in [2.75, 3.05) is 0 Å². The molecule has 3 aromatic rings. The van der Waals surface area contributed by atoms with Crippen LogP contribution in [0.25, 0.3) is 11.0 Å². The van der Waals surface area contributed by atoms with Gasteiger partial charge in [0, 0.05) is 17.3 Å². The zero-order chi connectivity index (χ0) is 18.5. The van der Waals surface area contributed by atoms with Gasteiger partial charge in [0.15, 0.2) is 0 Å². The lowest BCUT2D eigenvalue weighted by atomic mass is 10.1. The van der Waals surface area contributed by atoms with Crippen LogP contribution in [-0.2, 0) is 6.54 Å². The highest BCUT2D eigenvalue weighted by molar-refractivity contribution is 5.96. The van der Waals surface area contributed by atoms with Crippen molar-refractivity contribution >= 4 is 16.9 Å². The molecule has 27 heavy (non-hydrogen) atoms. The second-order valence-electron chi connectivity index (χ2n) is 7.77. The zero-order valence-corrected chi connectivity index (χ0v) is 15.2. The molecule has 0 saturated heterocycles. The molecule has 0 radical (unpaired) electrons. The van der Waals surface area contributed by atoms with Gasteiger partial charge < -0.3 is 13.7 Å². The average molecular weight is 363 g/mol. The highest BCUT2D eigenvalue weighted by Gasteiger charge is 2.38. The number of rotatable bonds is 5. The standard InChI is InChI=1S/C22H21NO4/c1-13-10-17(13)20-9-8-16(26-20)12-23(15-6-7-15)21(24)18-11-14-4-2-3-5-19(14)27-22(18)25/h2-5,8-9,11,13,15,17H,6-7,10,12H2,1H3. The van der Waals surface area contributed by atoms with Gasteiger partial charge in [0.1, 0.15) is 22.7 Å². The van der Waals surface area contributed by atoms with E-state index in [1.54, 1.807) is 23.1 Å². The molecule has 2 aliphatic rings. The summed E-state index contributed by atoms with van der Waals surface area (Å²) in [7, 11) is 0. The fourth-order valence-electron chi connectivity index (χ4n) is 3.68. The summed E-state index contributed by atoms with van der Waals surface area (Å²) in [5.41, 5.74) is -0.00858. The summed E-state index contributed by atoms with van der Waals surface area (Å²) in [6.07, 6.45) is 3.08. The Morgan fingerprint density at radius 3 is 2.67 bits per heavy atom. The van der Waals surface area contributed by atoms with Gasteiger partial charge in [-0.25, -0.2) is 4.79 Å². The number of carbonyl (C=O) groups is 1. The van der Waals surface area contributed by atoms with Crippen LogP contribution in [0, 0.1) is 5.92 Å². The number of benzene rings is 1. The first-order chi connectivity index (χ1) is 13.1. The Balaban J connectivity index is 1.43. The summed E-state index contributed by atoms with van der Waals surface area (Å²) in [6.45, 7) is 2.60. The lowest BCUT2D eigenvalue weighted by Gasteiger charge is -2.21. The Morgan fingerprint density at radius 1 is 1.15 bits per heavy atom. The van der Waals surface area contributed by atoms with Crippen molar-refractivity contribution in [1.82, 2.24) is 4.90 Å². The number of hydrogen-bond acceptors (Lipinski definition) is 4. The van der Waals surface area contributed by atoms with Crippen LogP contribution in [0.3, 0.4) is 0 Å². The Hall–Kier alpha value is -2.82. The minimum absolute atomic E-state index is 0.0863. The maximum absolute atomic E-state index is 13.1. The fourth-order valence-corrected chi connectivity index (χ4v) is 3.68. The third-order valence-electron chi connectivity index (χ3n) is 5.60. The number of hydrogen-bond donors (Lipinski definition) is 0. The summed E-state index contributed by atoms with van der Waals surface area (Å²) in [5.74, 6) is 2.68. The van der Waals surface area contributed by atoms with E-state index in [2.05, 4.69) is 6.92 Å². The molecule has 0 aliphatic heterocycles. The molecule has 1 amide bonds. The smallest absolute Gasteiger partial charge is 0.349 e. The summed E-state index contributed by atoms with van der Waals surface area (Å²) < 4.78 is 11.3. The van der Waals surface area contributed by atoms with Gasteiger partial charge in [0.25, 0.3) is 5.91 Å².